The van der Waals surface area contributed by atoms with Gasteiger partial charge in [-0.2, -0.15) is 13.2 Å². The van der Waals surface area contributed by atoms with E-state index in [4.69, 9.17) is 0 Å². The molecular formula is C12H18Br2F3NO. The minimum absolute atomic E-state index is 0.0565. The van der Waals surface area contributed by atoms with Crippen molar-refractivity contribution in [3.8, 4) is 0 Å². The highest BCUT2D eigenvalue weighted by molar-refractivity contribution is 9.09. The monoisotopic (exact) mass is 407 g/mol. The van der Waals surface area contributed by atoms with Crippen LogP contribution in [0.3, 0.4) is 0 Å². The normalized spacial score (nSPS) is 25.2. The van der Waals surface area contributed by atoms with Crippen molar-refractivity contribution in [2.24, 2.45) is 11.8 Å². The Bertz CT molecular complexity index is 319. The fourth-order valence-corrected chi connectivity index (χ4v) is 3.54. The largest absolute Gasteiger partial charge is 0.392 e. The standard InChI is InChI=1S/C12H18Br2F3NO/c1-11(6-13,7-14)18-10(19)8-4-2-3-5-9(8)12(15,16)17/h8-9H,2-7H2,1H3,(H,18,19). The maximum Gasteiger partial charge on any atom is 0.392 e. The van der Waals surface area contributed by atoms with E-state index in [1.54, 1.807) is 6.92 Å². The van der Waals surface area contributed by atoms with E-state index in [9.17, 15) is 18.0 Å². The number of rotatable bonds is 4. The van der Waals surface area contributed by atoms with E-state index in [1.807, 2.05) is 0 Å². The van der Waals surface area contributed by atoms with E-state index in [2.05, 4.69) is 37.2 Å². The van der Waals surface area contributed by atoms with Crippen molar-refractivity contribution in [3.05, 3.63) is 0 Å². The van der Waals surface area contributed by atoms with Crippen LogP contribution in [-0.4, -0.2) is 28.3 Å². The molecule has 2 atom stereocenters. The summed E-state index contributed by atoms with van der Waals surface area (Å²) in [5.74, 6) is -2.94. The second-order valence-electron chi connectivity index (χ2n) is 5.36. The molecule has 0 bridgehead atoms. The van der Waals surface area contributed by atoms with Crippen molar-refractivity contribution in [2.45, 2.75) is 44.3 Å². The molecule has 1 fully saturated rings. The first-order valence-corrected chi connectivity index (χ1v) is 8.48. The summed E-state index contributed by atoms with van der Waals surface area (Å²) in [4.78, 5) is 12.1. The zero-order valence-corrected chi connectivity index (χ0v) is 13.9. The van der Waals surface area contributed by atoms with Crippen LogP contribution in [0.5, 0.6) is 0 Å². The van der Waals surface area contributed by atoms with Gasteiger partial charge in [0.1, 0.15) is 0 Å². The number of carbonyl (C=O) groups excluding carboxylic acids is 1. The Hall–Kier alpha value is 0.220. The molecule has 1 amide bonds. The van der Waals surface area contributed by atoms with Crippen molar-refractivity contribution in [2.75, 3.05) is 10.7 Å². The Morgan fingerprint density at radius 2 is 1.74 bits per heavy atom. The topological polar surface area (TPSA) is 29.1 Å². The van der Waals surface area contributed by atoms with Gasteiger partial charge in [0.2, 0.25) is 5.91 Å². The molecule has 0 aromatic heterocycles. The molecule has 1 N–H and O–H groups in total. The molecule has 1 aliphatic carbocycles. The smallest absolute Gasteiger partial charge is 0.349 e. The molecule has 0 aromatic carbocycles. The molecule has 0 aliphatic heterocycles. The average Bonchev–Trinajstić information content (AvgIpc) is 2.37. The Labute approximate surface area is 128 Å². The van der Waals surface area contributed by atoms with Crippen LogP contribution in [0.15, 0.2) is 0 Å². The fourth-order valence-electron chi connectivity index (χ4n) is 2.33. The quantitative estimate of drug-likeness (QED) is 0.699. The van der Waals surface area contributed by atoms with E-state index in [-0.39, 0.29) is 6.42 Å². The van der Waals surface area contributed by atoms with E-state index < -0.39 is 29.5 Å². The summed E-state index contributed by atoms with van der Waals surface area (Å²) >= 11 is 6.54. The highest BCUT2D eigenvalue weighted by Crippen LogP contribution is 2.41. The minimum Gasteiger partial charge on any atom is -0.349 e. The summed E-state index contributed by atoms with van der Waals surface area (Å²) in [5.41, 5.74) is -0.565. The first kappa shape index (κ1) is 17.3. The van der Waals surface area contributed by atoms with Crippen LogP contribution >= 0.6 is 31.9 Å². The van der Waals surface area contributed by atoms with Crippen molar-refractivity contribution in [3.63, 3.8) is 0 Å². The van der Waals surface area contributed by atoms with Crippen molar-refractivity contribution in [1.29, 1.82) is 0 Å². The summed E-state index contributed by atoms with van der Waals surface area (Å²) in [5, 5.41) is 3.70. The van der Waals surface area contributed by atoms with Gasteiger partial charge in [-0.05, 0) is 19.8 Å². The van der Waals surface area contributed by atoms with Gasteiger partial charge in [0.15, 0.2) is 0 Å². The van der Waals surface area contributed by atoms with Crippen LogP contribution in [0.2, 0.25) is 0 Å². The molecule has 7 heteroatoms. The van der Waals surface area contributed by atoms with Gasteiger partial charge in [0, 0.05) is 16.6 Å². The molecule has 19 heavy (non-hydrogen) atoms. The average molecular weight is 409 g/mol. The molecule has 2 nitrogen and oxygen atoms in total. The molecule has 1 aliphatic rings. The zero-order valence-electron chi connectivity index (χ0n) is 10.7. The van der Waals surface area contributed by atoms with Gasteiger partial charge in [0.05, 0.1) is 11.5 Å². The lowest BCUT2D eigenvalue weighted by molar-refractivity contribution is -0.198. The highest BCUT2D eigenvalue weighted by Gasteiger charge is 2.48. The lowest BCUT2D eigenvalue weighted by Gasteiger charge is -2.35. The summed E-state index contributed by atoms with van der Waals surface area (Å²) in [6.45, 7) is 1.79. The Morgan fingerprint density at radius 3 is 2.21 bits per heavy atom. The van der Waals surface area contributed by atoms with E-state index in [1.165, 1.54) is 0 Å². The molecule has 0 aromatic rings. The van der Waals surface area contributed by atoms with E-state index in [0.29, 0.717) is 29.9 Å². The van der Waals surface area contributed by atoms with Crippen LogP contribution in [0, 0.1) is 11.8 Å². The Kier molecular flexibility index (Phi) is 6.17. The Balaban J connectivity index is 2.78. The number of nitrogens with one attached hydrogen (secondary N) is 1. The first-order valence-electron chi connectivity index (χ1n) is 6.24. The number of hydrogen-bond donors (Lipinski definition) is 1. The minimum atomic E-state index is -4.29. The molecule has 2 unspecified atom stereocenters. The number of carbonyl (C=O) groups is 1. The van der Waals surface area contributed by atoms with E-state index in [0.717, 1.165) is 0 Å². The summed E-state index contributed by atoms with van der Waals surface area (Å²) in [6.07, 6.45) is -2.69. The van der Waals surface area contributed by atoms with Gasteiger partial charge >= 0.3 is 6.18 Å². The van der Waals surface area contributed by atoms with Crippen LogP contribution in [0.1, 0.15) is 32.6 Å². The summed E-state index contributed by atoms with van der Waals surface area (Å²) in [6, 6.07) is 0. The van der Waals surface area contributed by atoms with Gasteiger partial charge < -0.3 is 5.32 Å². The Morgan fingerprint density at radius 1 is 1.21 bits per heavy atom. The van der Waals surface area contributed by atoms with Gasteiger partial charge in [-0.3, -0.25) is 4.79 Å². The second-order valence-corrected chi connectivity index (χ2v) is 6.48. The molecule has 112 valence electrons. The van der Waals surface area contributed by atoms with Gasteiger partial charge in [0.25, 0.3) is 0 Å². The lowest BCUT2D eigenvalue weighted by Crippen LogP contribution is -2.53. The zero-order chi connectivity index (χ0) is 14.7. The number of amides is 1. The predicted octanol–water partition coefficient (Wildman–Crippen LogP) is 4.02. The molecular weight excluding hydrogens is 391 g/mol. The fraction of sp³-hybridized carbons (Fsp3) is 0.917. The first-order chi connectivity index (χ1) is 8.73. The molecule has 0 spiro atoms. The molecule has 0 saturated heterocycles. The molecule has 1 rings (SSSR count). The summed E-state index contributed by atoms with van der Waals surface area (Å²) in [7, 11) is 0. The van der Waals surface area contributed by atoms with E-state index >= 15 is 0 Å². The number of hydrogen-bond acceptors (Lipinski definition) is 1. The maximum absolute atomic E-state index is 12.9. The highest BCUT2D eigenvalue weighted by atomic mass is 79.9. The number of halogens is 5. The van der Waals surface area contributed by atoms with Crippen LogP contribution in [0.4, 0.5) is 13.2 Å². The summed E-state index contributed by atoms with van der Waals surface area (Å²) < 4.78 is 38.8. The third kappa shape index (κ3) is 4.62. The predicted molar refractivity (Wildman–Crippen MR) is 75.6 cm³/mol. The number of alkyl halides is 5. The molecule has 0 radical (unpaired) electrons. The third-order valence-corrected chi connectivity index (χ3v) is 6.01. The molecule has 0 heterocycles. The van der Waals surface area contributed by atoms with Crippen LogP contribution in [0.25, 0.3) is 0 Å². The van der Waals surface area contributed by atoms with Gasteiger partial charge in [-0.15, -0.1) is 0 Å². The van der Waals surface area contributed by atoms with Crippen LogP contribution < -0.4 is 5.32 Å². The maximum atomic E-state index is 12.9. The van der Waals surface area contributed by atoms with Crippen molar-refractivity contribution < 1.29 is 18.0 Å². The van der Waals surface area contributed by atoms with Gasteiger partial charge in [-0.25, -0.2) is 0 Å². The third-order valence-electron chi connectivity index (χ3n) is 3.54. The lowest BCUT2D eigenvalue weighted by atomic mass is 9.78. The van der Waals surface area contributed by atoms with Crippen LogP contribution in [-0.2, 0) is 4.79 Å². The SMILES string of the molecule is CC(CBr)(CBr)NC(=O)C1CCCCC1C(F)(F)F. The van der Waals surface area contributed by atoms with Gasteiger partial charge in [-0.1, -0.05) is 44.7 Å². The second kappa shape index (κ2) is 6.78. The van der Waals surface area contributed by atoms with Crippen molar-refractivity contribution in [1.82, 2.24) is 5.32 Å². The van der Waals surface area contributed by atoms with Crippen molar-refractivity contribution >= 4 is 37.8 Å². The molecule has 1 saturated carbocycles.